The fourth-order valence-electron chi connectivity index (χ4n) is 1.68. The molecule has 0 aromatic carbocycles. The molecule has 0 aliphatic rings. The molecule has 0 aliphatic carbocycles. The zero-order valence-electron chi connectivity index (χ0n) is 8.85. The van der Waals surface area contributed by atoms with E-state index in [9.17, 15) is 4.79 Å². The van der Waals surface area contributed by atoms with Crippen LogP contribution < -0.4 is 5.56 Å². The van der Waals surface area contributed by atoms with Crippen LogP contribution in [-0.2, 0) is 6.54 Å². The Kier molecular flexibility index (Phi) is 2.96. The van der Waals surface area contributed by atoms with Crippen molar-refractivity contribution in [2.75, 3.05) is 0 Å². The number of aromatic amines is 1. The van der Waals surface area contributed by atoms with E-state index in [2.05, 4.69) is 12.0 Å². The third kappa shape index (κ3) is 1.85. The minimum absolute atomic E-state index is 0.148. The number of hydrogen-bond acceptors (Lipinski definition) is 1. The van der Waals surface area contributed by atoms with E-state index in [1.165, 1.54) is 0 Å². The van der Waals surface area contributed by atoms with Gasteiger partial charge >= 0.3 is 0 Å². The lowest BCUT2D eigenvalue weighted by Crippen LogP contribution is -2.19. The molecule has 0 atom stereocenters. The van der Waals surface area contributed by atoms with Crippen LogP contribution in [0.25, 0.3) is 0 Å². The molecule has 3 nitrogen and oxygen atoms in total. The number of nitrogens with one attached hydrogen (secondary N) is 1. The largest absolute Gasteiger partial charge is 0.300 e. The molecule has 1 aromatic heterocycles. The van der Waals surface area contributed by atoms with Gasteiger partial charge in [0.1, 0.15) is 0 Å². The molecule has 0 aliphatic heterocycles. The molecule has 3 heteroatoms. The Hall–Kier alpha value is -0.990. The van der Waals surface area contributed by atoms with Crippen LogP contribution in [0.15, 0.2) is 4.79 Å². The molecular weight excluding hydrogens is 164 g/mol. The van der Waals surface area contributed by atoms with Crippen LogP contribution in [0.4, 0.5) is 0 Å². The average Bonchev–Trinajstić information content (AvgIpc) is 2.28. The smallest absolute Gasteiger partial charge is 0.270 e. The number of H-pyrrole nitrogens is 1. The molecule has 0 unspecified atom stereocenters. The SMILES string of the molecule is CCCn1[nH]c(C)c(C(C)C)c1=O. The van der Waals surface area contributed by atoms with Crippen molar-refractivity contribution in [3.05, 3.63) is 21.6 Å². The van der Waals surface area contributed by atoms with Gasteiger partial charge in [0.15, 0.2) is 0 Å². The average molecular weight is 182 g/mol. The number of nitrogens with zero attached hydrogens (tertiary/aromatic N) is 1. The van der Waals surface area contributed by atoms with Crippen molar-refractivity contribution in [1.82, 2.24) is 9.78 Å². The summed E-state index contributed by atoms with van der Waals surface area (Å²) in [6, 6.07) is 0. The second-order valence-electron chi connectivity index (χ2n) is 3.76. The summed E-state index contributed by atoms with van der Waals surface area (Å²) in [7, 11) is 0. The minimum atomic E-state index is 0.148. The fraction of sp³-hybridized carbons (Fsp3) is 0.700. The van der Waals surface area contributed by atoms with E-state index < -0.39 is 0 Å². The van der Waals surface area contributed by atoms with Gasteiger partial charge in [-0.3, -0.25) is 14.6 Å². The highest BCUT2D eigenvalue weighted by atomic mass is 16.1. The first-order valence-electron chi connectivity index (χ1n) is 4.87. The molecule has 1 N–H and O–H groups in total. The molecule has 0 radical (unpaired) electrons. The minimum Gasteiger partial charge on any atom is -0.300 e. The molecule has 0 bridgehead atoms. The maximum atomic E-state index is 11.8. The standard InChI is InChI=1S/C10H18N2O/c1-5-6-12-10(13)9(7(2)3)8(4)11-12/h7,11H,5-6H2,1-4H3. The topological polar surface area (TPSA) is 37.8 Å². The second kappa shape index (κ2) is 3.81. The van der Waals surface area contributed by atoms with Crippen LogP contribution in [0.3, 0.4) is 0 Å². The molecule has 1 heterocycles. The van der Waals surface area contributed by atoms with E-state index >= 15 is 0 Å². The maximum Gasteiger partial charge on any atom is 0.270 e. The number of aromatic nitrogens is 2. The molecule has 0 fully saturated rings. The summed E-state index contributed by atoms with van der Waals surface area (Å²) in [5, 5.41) is 3.10. The van der Waals surface area contributed by atoms with Gasteiger partial charge < -0.3 is 0 Å². The first-order chi connectivity index (χ1) is 6.07. The lowest BCUT2D eigenvalue weighted by molar-refractivity contribution is 0.580. The molecule has 1 aromatic rings. The van der Waals surface area contributed by atoms with Gasteiger partial charge in [-0.15, -0.1) is 0 Å². The van der Waals surface area contributed by atoms with Gasteiger partial charge in [-0.05, 0) is 19.3 Å². The summed E-state index contributed by atoms with van der Waals surface area (Å²) in [4.78, 5) is 11.8. The van der Waals surface area contributed by atoms with E-state index in [0.717, 1.165) is 24.2 Å². The van der Waals surface area contributed by atoms with Gasteiger partial charge in [-0.2, -0.15) is 0 Å². The van der Waals surface area contributed by atoms with Crippen LogP contribution >= 0.6 is 0 Å². The quantitative estimate of drug-likeness (QED) is 0.763. The molecule has 0 saturated carbocycles. The highest BCUT2D eigenvalue weighted by Gasteiger charge is 2.12. The van der Waals surface area contributed by atoms with Crippen molar-refractivity contribution in [2.45, 2.75) is 46.6 Å². The van der Waals surface area contributed by atoms with Crippen LogP contribution in [0.1, 0.15) is 44.4 Å². The lowest BCUT2D eigenvalue weighted by Gasteiger charge is -1.99. The van der Waals surface area contributed by atoms with Gasteiger partial charge in [-0.25, -0.2) is 0 Å². The first kappa shape index (κ1) is 10.1. The number of aryl methyl sites for hydroxylation is 2. The third-order valence-electron chi connectivity index (χ3n) is 2.21. The maximum absolute atomic E-state index is 11.8. The fourth-order valence-corrected chi connectivity index (χ4v) is 1.68. The summed E-state index contributed by atoms with van der Waals surface area (Å²) in [6.07, 6.45) is 0.984. The van der Waals surface area contributed by atoms with Gasteiger partial charge in [0.25, 0.3) is 5.56 Å². The zero-order chi connectivity index (χ0) is 10.0. The normalized spacial score (nSPS) is 11.2. The van der Waals surface area contributed by atoms with Gasteiger partial charge in [-0.1, -0.05) is 20.8 Å². The molecular formula is C10H18N2O. The predicted molar refractivity (Wildman–Crippen MR) is 54.2 cm³/mol. The number of hydrogen-bond donors (Lipinski definition) is 1. The Balaban J connectivity index is 3.15. The van der Waals surface area contributed by atoms with Crippen molar-refractivity contribution in [3.63, 3.8) is 0 Å². The van der Waals surface area contributed by atoms with E-state index in [4.69, 9.17) is 0 Å². The summed E-state index contributed by atoms with van der Waals surface area (Å²) >= 11 is 0. The van der Waals surface area contributed by atoms with E-state index in [1.54, 1.807) is 4.68 Å². The number of rotatable bonds is 3. The van der Waals surface area contributed by atoms with E-state index in [0.29, 0.717) is 5.92 Å². The van der Waals surface area contributed by atoms with E-state index in [1.807, 2.05) is 20.8 Å². The van der Waals surface area contributed by atoms with Crippen molar-refractivity contribution in [1.29, 1.82) is 0 Å². The Morgan fingerprint density at radius 2 is 2.08 bits per heavy atom. The molecule has 74 valence electrons. The third-order valence-corrected chi connectivity index (χ3v) is 2.21. The van der Waals surface area contributed by atoms with Crippen molar-refractivity contribution < 1.29 is 0 Å². The Morgan fingerprint density at radius 1 is 1.46 bits per heavy atom. The highest BCUT2D eigenvalue weighted by molar-refractivity contribution is 5.19. The molecule has 13 heavy (non-hydrogen) atoms. The van der Waals surface area contributed by atoms with E-state index in [-0.39, 0.29) is 5.56 Å². The van der Waals surface area contributed by atoms with Crippen LogP contribution in [-0.4, -0.2) is 9.78 Å². The Morgan fingerprint density at radius 3 is 2.46 bits per heavy atom. The summed E-state index contributed by atoms with van der Waals surface area (Å²) in [5.74, 6) is 0.307. The van der Waals surface area contributed by atoms with Gasteiger partial charge in [0.2, 0.25) is 0 Å². The molecule has 1 rings (SSSR count). The summed E-state index contributed by atoms with van der Waals surface area (Å²) in [6.45, 7) is 8.91. The van der Waals surface area contributed by atoms with Gasteiger partial charge in [0, 0.05) is 17.8 Å². The Labute approximate surface area is 78.8 Å². The predicted octanol–water partition coefficient (Wildman–Crippen LogP) is 2.02. The monoisotopic (exact) mass is 182 g/mol. The summed E-state index contributed by atoms with van der Waals surface area (Å²) < 4.78 is 1.70. The summed E-state index contributed by atoms with van der Waals surface area (Å²) in [5.41, 5.74) is 2.08. The van der Waals surface area contributed by atoms with Crippen LogP contribution in [0.2, 0.25) is 0 Å². The van der Waals surface area contributed by atoms with Crippen LogP contribution in [0.5, 0.6) is 0 Å². The molecule has 0 saturated heterocycles. The highest BCUT2D eigenvalue weighted by Crippen LogP contribution is 2.12. The lowest BCUT2D eigenvalue weighted by atomic mass is 10.1. The molecule has 0 spiro atoms. The van der Waals surface area contributed by atoms with Crippen molar-refractivity contribution in [2.24, 2.45) is 0 Å². The van der Waals surface area contributed by atoms with Crippen molar-refractivity contribution in [3.8, 4) is 0 Å². The van der Waals surface area contributed by atoms with Gasteiger partial charge in [0.05, 0.1) is 0 Å². The zero-order valence-corrected chi connectivity index (χ0v) is 8.85. The Bertz CT molecular complexity index is 333. The van der Waals surface area contributed by atoms with Crippen molar-refractivity contribution >= 4 is 0 Å². The second-order valence-corrected chi connectivity index (χ2v) is 3.76. The first-order valence-corrected chi connectivity index (χ1v) is 4.87. The molecule has 0 amide bonds. The van der Waals surface area contributed by atoms with Crippen LogP contribution in [0, 0.1) is 6.92 Å².